The Balaban J connectivity index is 1.08. The van der Waals surface area contributed by atoms with E-state index in [4.69, 9.17) is 9.47 Å². The summed E-state index contributed by atoms with van der Waals surface area (Å²) in [5, 5.41) is 3.04. The molecular formula is C37H32F3N3O6S2. The standard InChI is InChI=1S/C37H32F3N3O6S2/c1-3-48-25-14-18(10-13-24(25)49-16-26(44)41-23-7-5-4-6-22(23)37(38,39)40)27-28-20-15-21(31(28)50-33-32(27)51-36(47)42-33)30-29(20)34(45)43(35(30)46)19-11-8-17(2)9-12-19/h4-14,20-21,27-31H,3,15-16H2,1-2H3,(H,41,44)(H,42,47)/t20-,21-,27+,28-,29+,30+,31-/m1/s1. The third-order valence-electron chi connectivity index (χ3n) is 10.5. The second-order valence-electron chi connectivity index (χ2n) is 13.3. The molecule has 51 heavy (non-hydrogen) atoms. The van der Waals surface area contributed by atoms with E-state index in [0.717, 1.165) is 44.9 Å². The fraction of sp³-hybridized carbons (Fsp3) is 0.351. The molecule has 3 aromatic carbocycles. The van der Waals surface area contributed by atoms with Crippen LogP contribution in [0.5, 0.6) is 11.5 Å². The minimum Gasteiger partial charge on any atom is -0.490 e. The number of aromatic nitrogens is 1. The van der Waals surface area contributed by atoms with Crippen molar-refractivity contribution in [2.24, 2.45) is 29.6 Å². The Morgan fingerprint density at radius 1 is 0.961 bits per heavy atom. The van der Waals surface area contributed by atoms with Crippen LogP contribution >= 0.6 is 23.1 Å². The van der Waals surface area contributed by atoms with Crippen molar-refractivity contribution in [3.05, 3.63) is 98.0 Å². The minimum atomic E-state index is -4.65. The van der Waals surface area contributed by atoms with Gasteiger partial charge in [0.2, 0.25) is 11.8 Å². The third kappa shape index (κ3) is 5.63. The highest BCUT2D eigenvalue weighted by molar-refractivity contribution is 8.00. The number of H-pyrrole nitrogens is 1. The molecule has 3 heterocycles. The van der Waals surface area contributed by atoms with Gasteiger partial charge in [-0.15, -0.1) is 11.8 Å². The highest BCUT2D eigenvalue weighted by Gasteiger charge is 2.69. The molecule has 7 atom stereocenters. The minimum absolute atomic E-state index is 0.0107. The number of aryl methyl sites for hydroxylation is 1. The number of imide groups is 1. The van der Waals surface area contributed by atoms with Gasteiger partial charge in [0.05, 0.1) is 40.4 Å². The van der Waals surface area contributed by atoms with Crippen molar-refractivity contribution in [1.82, 2.24) is 4.98 Å². The van der Waals surface area contributed by atoms with Crippen LogP contribution in [0.2, 0.25) is 0 Å². The summed E-state index contributed by atoms with van der Waals surface area (Å²) in [5.74, 6) is -1.90. The van der Waals surface area contributed by atoms with Gasteiger partial charge in [0.25, 0.3) is 5.91 Å². The van der Waals surface area contributed by atoms with Gasteiger partial charge in [0.1, 0.15) is 0 Å². The third-order valence-corrected chi connectivity index (χ3v) is 13.1. The first-order valence-electron chi connectivity index (χ1n) is 16.6. The molecule has 9 nitrogen and oxygen atoms in total. The lowest BCUT2D eigenvalue weighted by molar-refractivity contribution is -0.137. The molecule has 264 valence electrons. The summed E-state index contributed by atoms with van der Waals surface area (Å²) in [5.41, 5.74) is 1.10. The first-order valence-corrected chi connectivity index (χ1v) is 18.3. The van der Waals surface area contributed by atoms with Gasteiger partial charge in [-0.25, -0.2) is 0 Å². The van der Waals surface area contributed by atoms with Gasteiger partial charge in [0, 0.05) is 16.0 Å². The van der Waals surface area contributed by atoms with Crippen molar-refractivity contribution in [3.63, 3.8) is 0 Å². The van der Waals surface area contributed by atoms with Crippen LogP contribution in [0.15, 0.2) is 76.6 Å². The average molecular weight is 736 g/mol. The number of carbonyl (C=O) groups is 3. The first-order chi connectivity index (χ1) is 24.4. The summed E-state index contributed by atoms with van der Waals surface area (Å²) in [7, 11) is 0. The molecule has 2 bridgehead atoms. The zero-order valence-electron chi connectivity index (χ0n) is 27.4. The normalized spacial score (nSPS) is 26.1. The second-order valence-corrected chi connectivity index (χ2v) is 15.5. The van der Waals surface area contributed by atoms with E-state index in [9.17, 15) is 32.3 Å². The molecule has 2 N–H and O–H groups in total. The molecule has 1 aromatic heterocycles. The molecule has 1 saturated heterocycles. The summed E-state index contributed by atoms with van der Waals surface area (Å²) in [6.07, 6.45) is -3.91. The molecule has 8 rings (SSSR count). The zero-order valence-corrected chi connectivity index (χ0v) is 29.0. The number of anilines is 2. The monoisotopic (exact) mass is 735 g/mol. The Morgan fingerprint density at radius 2 is 1.69 bits per heavy atom. The smallest absolute Gasteiger partial charge is 0.418 e. The number of thioether (sulfide) groups is 1. The fourth-order valence-corrected chi connectivity index (χ4v) is 11.5. The Morgan fingerprint density at radius 3 is 2.41 bits per heavy atom. The Kier molecular flexibility index (Phi) is 8.29. The predicted octanol–water partition coefficient (Wildman–Crippen LogP) is 6.86. The first kappa shape index (κ1) is 33.6. The van der Waals surface area contributed by atoms with Gasteiger partial charge in [0.15, 0.2) is 18.1 Å². The van der Waals surface area contributed by atoms with Crippen molar-refractivity contribution in [1.29, 1.82) is 0 Å². The zero-order chi connectivity index (χ0) is 35.8. The summed E-state index contributed by atoms with van der Waals surface area (Å²) in [6, 6.07) is 17.4. The molecule has 0 radical (unpaired) electrons. The molecule has 3 amide bonds. The Labute approximate surface area is 298 Å². The van der Waals surface area contributed by atoms with E-state index in [-0.39, 0.29) is 63.7 Å². The largest absolute Gasteiger partial charge is 0.490 e. The number of fused-ring (bicyclic) bond motifs is 9. The number of para-hydroxylation sites is 1. The predicted molar refractivity (Wildman–Crippen MR) is 185 cm³/mol. The molecule has 4 aromatic rings. The van der Waals surface area contributed by atoms with Gasteiger partial charge in [-0.05, 0) is 80.0 Å². The molecule has 2 saturated carbocycles. The number of benzene rings is 3. The van der Waals surface area contributed by atoms with Gasteiger partial charge in [-0.3, -0.25) is 24.1 Å². The number of rotatable bonds is 8. The molecular weight excluding hydrogens is 704 g/mol. The Hall–Kier alpha value is -4.56. The van der Waals surface area contributed by atoms with Crippen molar-refractivity contribution in [2.75, 3.05) is 23.4 Å². The number of nitrogens with one attached hydrogen (secondary N) is 2. The van der Waals surface area contributed by atoms with Gasteiger partial charge in [-0.2, -0.15) is 13.2 Å². The lowest BCUT2D eigenvalue weighted by atomic mass is 9.68. The number of aromatic amines is 1. The van der Waals surface area contributed by atoms with E-state index < -0.39 is 36.1 Å². The molecule has 2 aliphatic carbocycles. The fourth-order valence-electron chi connectivity index (χ4n) is 8.61. The van der Waals surface area contributed by atoms with Crippen LogP contribution in [0.1, 0.15) is 40.8 Å². The number of halogens is 3. The topological polar surface area (TPSA) is 118 Å². The van der Waals surface area contributed by atoms with Crippen molar-refractivity contribution in [2.45, 2.75) is 42.6 Å². The quantitative estimate of drug-likeness (QED) is 0.190. The number of nitrogens with zero attached hydrogens (tertiary/aromatic N) is 1. The maximum Gasteiger partial charge on any atom is 0.418 e. The molecule has 14 heteroatoms. The molecule has 3 fully saturated rings. The number of hydrogen-bond donors (Lipinski definition) is 2. The van der Waals surface area contributed by atoms with E-state index in [2.05, 4.69) is 10.3 Å². The Bertz CT molecular complexity index is 2110. The van der Waals surface area contributed by atoms with Crippen LogP contribution < -0.4 is 24.6 Å². The number of carbonyl (C=O) groups excluding carboxylic acids is 3. The number of ether oxygens (including phenoxy) is 2. The summed E-state index contributed by atoms with van der Waals surface area (Å²) in [6.45, 7) is 3.44. The van der Waals surface area contributed by atoms with Gasteiger partial charge < -0.3 is 19.8 Å². The molecule has 0 unspecified atom stereocenters. The number of thiazole rings is 1. The SMILES string of the molecule is CCOc1cc([C@@H]2c3sc(=O)[nH]c3S[C@@H]3[C@@H]4C[C@@H]([C@@H]5C(=O)N(c6ccc(C)cc6)C(=O)[C@@H]45)[C@H]23)ccc1OCC(=O)Nc1ccccc1C(F)(F)F. The molecule has 4 aliphatic rings. The van der Waals surface area contributed by atoms with E-state index in [0.29, 0.717) is 11.4 Å². The van der Waals surface area contributed by atoms with Crippen LogP contribution in [-0.4, -0.2) is 41.2 Å². The van der Waals surface area contributed by atoms with Crippen LogP contribution in [0.25, 0.3) is 0 Å². The van der Waals surface area contributed by atoms with Crippen molar-refractivity contribution >= 4 is 52.2 Å². The van der Waals surface area contributed by atoms with Gasteiger partial charge in [-0.1, -0.05) is 47.2 Å². The van der Waals surface area contributed by atoms with Crippen LogP contribution in [-0.2, 0) is 20.6 Å². The summed E-state index contributed by atoms with van der Waals surface area (Å²) >= 11 is 2.73. The van der Waals surface area contributed by atoms with E-state index in [1.807, 2.05) is 43.3 Å². The van der Waals surface area contributed by atoms with E-state index >= 15 is 0 Å². The second kappa shape index (κ2) is 12.6. The summed E-state index contributed by atoms with van der Waals surface area (Å²) < 4.78 is 52.1. The maximum absolute atomic E-state index is 14.1. The molecule has 0 spiro atoms. The van der Waals surface area contributed by atoms with Crippen molar-refractivity contribution in [3.8, 4) is 11.5 Å². The summed E-state index contributed by atoms with van der Waals surface area (Å²) in [4.78, 5) is 58.4. The number of alkyl halides is 3. The number of amides is 3. The lowest BCUT2D eigenvalue weighted by Gasteiger charge is -2.43. The van der Waals surface area contributed by atoms with Crippen LogP contribution in [0.3, 0.4) is 0 Å². The van der Waals surface area contributed by atoms with Crippen molar-refractivity contribution < 1.29 is 37.0 Å². The molecule has 2 aliphatic heterocycles. The van der Waals surface area contributed by atoms with E-state index in [1.165, 1.54) is 23.1 Å². The average Bonchev–Trinajstić information content (AvgIpc) is 3.83. The highest BCUT2D eigenvalue weighted by Crippen LogP contribution is 2.69. The highest BCUT2D eigenvalue weighted by atomic mass is 32.2. The lowest BCUT2D eigenvalue weighted by Crippen LogP contribution is -2.42. The van der Waals surface area contributed by atoms with Crippen LogP contribution in [0.4, 0.5) is 24.5 Å². The maximum atomic E-state index is 14.1. The number of hydrogen-bond acceptors (Lipinski definition) is 8. The van der Waals surface area contributed by atoms with Crippen LogP contribution in [0, 0.1) is 36.5 Å². The van der Waals surface area contributed by atoms with Gasteiger partial charge >= 0.3 is 11.0 Å². The van der Waals surface area contributed by atoms with E-state index in [1.54, 1.807) is 24.8 Å².